The lowest BCUT2D eigenvalue weighted by Crippen LogP contribution is -2.51. The minimum atomic E-state index is -1.38. The zero-order chi connectivity index (χ0) is 38.9. The average Bonchev–Trinajstić information content (AvgIpc) is 3.54. The molecule has 282 valence electrons. The maximum Gasteiger partial charge on any atom is 0.326 e. The van der Waals surface area contributed by atoms with Crippen LogP contribution in [0.2, 0.25) is 0 Å². The molecule has 3 aromatic rings. The molecule has 0 aromatic heterocycles. The molecule has 4 atom stereocenters. The van der Waals surface area contributed by atoms with E-state index < -0.39 is 47.9 Å². The molecule has 0 radical (unpaired) electrons. The summed E-state index contributed by atoms with van der Waals surface area (Å²) in [5, 5.41) is 30.6. The van der Waals surface area contributed by atoms with Crippen LogP contribution in [-0.4, -0.2) is 82.6 Å². The van der Waals surface area contributed by atoms with Crippen molar-refractivity contribution in [2.75, 3.05) is 24.3 Å². The van der Waals surface area contributed by atoms with Crippen molar-refractivity contribution >= 4 is 47.1 Å². The number of carboxylic acid groups (broad SMARTS) is 2. The van der Waals surface area contributed by atoms with E-state index in [-0.39, 0.29) is 49.5 Å². The monoisotopic (exact) mass is 729 g/mol. The first-order valence-corrected chi connectivity index (χ1v) is 17.2. The molecule has 0 aliphatic carbocycles. The molecule has 6 N–H and O–H groups in total. The van der Waals surface area contributed by atoms with Crippen LogP contribution in [0.5, 0.6) is 5.75 Å². The van der Waals surface area contributed by atoms with Crippen molar-refractivity contribution < 1.29 is 43.7 Å². The summed E-state index contributed by atoms with van der Waals surface area (Å²) in [6.07, 6.45) is 0.119. The average molecular weight is 730 g/mol. The molecule has 4 unspecified atom stereocenters. The van der Waals surface area contributed by atoms with E-state index in [9.17, 15) is 39.0 Å². The van der Waals surface area contributed by atoms with Crippen LogP contribution in [0.25, 0.3) is 0 Å². The number of hydrogen-bond donors (Lipinski definition) is 6. The number of likely N-dealkylation sites (tertiary alicyclic amines) is 1. The van der Waals surface area contributed by atoms with Crippen molar-refractivity contribution in [3.8, 4) is 5.75 Å². The minimum absolute atomic E-state index is 0.0915. The van der Waals surface area contributed by atoms with Gasteiger partial charge in [0.2, 0.25) is 17.7 Å². The summed E-state index contributed by atoms with van der Waals surface area (Å²) in [7, 11) is 1.55. The van der Waals surface area contributed by atoms with E-state index >= 15 is 0 Å². The molecule has 1 fully saturated rings. The highest BCUT2D eigenvalue weighted by molar-refractivity contribution is 5.99. The van der Waals surface area contributed by atoms with Crippen molar-refractivity contribution in [2.45, 2.75) is 77.4 Å². The van der Waals surface area contributed by atoms with E-state index in [0.717, 1.165) is 5.56 Å². The number of amides is 5. The lowest BCUT2D eigenvalue weighted by molar-refractivity contribution is -0.143. The van der Waals surface area contributed by atoms with Crippen LogP contribution in [0.15, 0.2) is 72.8 Å². The number of methoxy groups -OCH3 is 1. The van der Waals surface area contributed by atoms with E-state index in [2.05, 4.69) is 21.3 Å². The van der Waals surface area contributed by atoms with Crippen LogP contribution in [0, 0.1) is 5.41 Å². The Morgan fingerprint density at radius 1 is 0.792 bits per heavy atom. The number of carbonyl (C=O) groups is 6. The molecule has 14 nitrogen and oxygen atoms in total. The molecule has 1 saturated heterocycles. The number of nitrogens with zero attached hydrogens (tertiary/aromatic N) is 1. The largest absolute Gasteiger partial charge is 0.497 e. The molecule has 1 aliphatic rings. The number of urea groups is 1. The Kier molecular flexibility index (Phi) is 13.2. The molecule has 0 saturated carbocycles. The molecule has 0 spiro atoms. The van der Waals surface area contributed by atoms with Crippen LogP contribution in [-0.2, 0) is 36.8 Å². The topological polar surface area (TPSA) is 203 Å². The van der Waals surface area contributed by atoms with E-state index in [1.807, 2.05) is 20.8 Å². The first kappa shape index (κ1) is 39.9. The number of anilines is 2. The maximum absolute atomic E-state index is 13.6. The Hall–Kier alpha value is -5.92. The molecule has 53 heavy (non-hydrogen) atoms. The summed E-state index contributed by atoms with van der Waals surface area (Å²) in [6, 6.07) is 16.6. The Bertz CT molecular complexity index is 1800. The molecular weight excluding hydrogens is 682 g/mol. The summed E-state index contributed by atoms with van der Waals surface area (Å²) in [5.74, 6) is -3.49. The summed E-state index contributed by atoms with van der Waals surface area (Å²) in [6.45, 7) is 7.18. The lowest BCUT2D eigenvalue weighted by Gasteiger charge is -2.25. The van der Waals surface area contributed by atoms with Crippen LogP contribution in [0.4, 0.5) is 16.2 Å². The number of benzene rings is 3. The minimum Gasteiger partial charge on any atom is -0.497 e. The number of carboxylic acids is 2. The lowest BCUT2D eigenvalue weighted by atomic mass is 9.91. The molecule has 4 rings (SSSR count). The first-order valence-electron chi connectivity index (χ1n) is 17.2. The number of rotatable bonds is 14. The fourth-order valence-electron chi connectivity index (χ4n) is 6.27. The fraction of sp³-hybridized carbons (Fsp3) is 0.385. The van der Waals surface area contributed by atoms with Crippen molar-refractivity contribution in [2.24, 2.45) is 5.41 Å². The second kappa shape index (κ2) is 17.5. The Morgan fingerprint density at radius 3 is 1.77 bits per heavy atom. The van der Waals surface area contributed by atoms with Gasteiger partial charge >= 0.3 is 18.0 Å². The molecule has 14 heteroatoms. The number of aliphatic carboxylic acids is 2. The van der Waals surface area contributed by atoms with Crippen molar-refractivity contribution in [1.29, 1.82) is 0 Å². The highest BCUT2D eigenvalue weighted by atomic mass is 16.5. The van der Waals surface area contributed by atoms with Gasteiger partial charge in [0.15, 0.2) is 0 Å². The third kappa shape index (κ3) is 11.5. The van der Waals surface area contributed by atoms with Gasteiger partial charge in [-0.15, -0.1) is 0 Å². The van der Waals surface area contributed by atoms with Crippen LogP contribution < -0.4 is 26.0 Å². The molecule has 5 amide bonds. The number of nitrogens with one attached hydrogen (secondary N) is 4. The maximum atomic E-state index is 13.6. The van der Waals surface area contributed by atoms with Gasteiger partial charge in [-0.2, -0.15) is 0 Å². The SMILES string of the molecule is COc1ccc(NC(=O)Nc2ccc(C3CC(C(=O)NC(Cc4ccccc4CC(NC(=O)CC(C)(C)C)C(=O)O)C(=O)O)N(C(C)=O)C3)cc2)cc1. The highest BCUT2D eigenvalue weighted by Gasteiger charge is 2.40. The predicted octanol–water partition coefficient (Wildman–Crippen LogP) is 4.40. The Balaban J connectivity index is 1.41. The van der Waals surface area contributed by atoms with Crippen molar-refractivity contribution in [1.82, 2.24) is 15.5 Å². The van der Waals surface area contributed by atoms with Gasteiger partial charge in [-0.1, -0.05) is 57.2 Å². The second-order valence-electron chi connectivity index (χ2n) is 14.3. The molecule has 1 aliphatic heterocycles. The van der Waals surface area contributed by atoms with Crippen LogP contribution in [0.1, 0.15) is 63.1 Å². The zero-order valence-corrected chi connectivity index (χ0v) is 30.5. The highest BCUT2D eigenvalue weighted by Crippen LogP contribution is 2.33. The third-order valence-corrected chi connectivity index (χ3v) is 8.90. The normalized spacial score (nSPS) is 16.5. The van der Waals surface area contributed by atoms with Crippen LogP contribution >= 0.6 is 0 Å². The Morgan fingerprint density at radius 2 is 1.30 bits per heavy atom. The predicted molar refractivity (Wildman–Crippen MR) is 198 cm³/mol. The molecule has 0 bridgehead atoms. The van der Waals surface area contributed by atoms with E-state index in [4.69, 9.17) is 4.74 Å². The zero-order valence-electron chi connectivity index (χ0n) is 30.5. The summed E-state index contributed by atoms with van der Waals surface area (Å²) in [4.78, 5) is 77.2. The number of hydrogen-bond acceptors (Lipinski definition) is 7. The van der Waals surface area contributed by atoms with Gasteiger partial charge in [0, 0.05) is 50.0 Å². The first-order chi connectivity index (χ1) is 25.0. The van der Waals surface area contributed by atoms with E-state index in [0.29, 0.717) is 28.3 Å². The number of ether oxygens (including phenoxy) is 1. The van der Waals surface area contributed by atoms with Crippen molar-refractivity contribution in [3.63, 3.8) is 0 Å². The summed E-state index contributed by atoms with van der Waals surface area (Å²) < 4.78 is 5.13. The van der Waals surface area contributed by atoms with E-state index in [1.54, 1.807) is 79.9 Å². The van der Waals surface area contributed by atoms with Gasteiger partial charge in [0.25, 0.3) is 0 Å². The second-order valence-corrected chi connectivity index (χ2v) is 14.3. The van der Waals surface area contributed by atoms with Gasteiger partial charge in [-0.3, -0.25) is 14.4 Å². The molecule has 1 heterocycles. The van der Waals surface area contributed by atoms with E-state index in [1.165, 1.54) is 11.8 Å². The quantitative estimate of drug-likeness (QED) is 0.139. The van der Waals surface area contributed by atoms with Gasteiger partial charge in [0.05, 0.1) is 7.11 Å². The summed E-state index contributed by atoms with van der Waals surface area (Å²) in [5.41, 5.74) is 2.60. The van der Waals surface area contributed by atoms with Gasteiger partial charge in [-0.25, -0.2) is 14.4 Å². The van der Waals surface area contributed by atoms with Crippen molar-refractivity contribution in [3.05, 3.63) is 89.5 Å². The molecular formula is C39H47N5O9. The third-order valence-electron chi connectivity index (χ3n) is 8.90. The summed E-state index contributed by atoms with van der Waals surface area (Å²) >= 11 is 0. The standard InChI is InChI=1S/C39H47N5O9/c1-23(45)44-22-27(24-10-12-28(13-11-24)40-38(52)41-29-14-16-30(53-5)17-15-29)20-33(44)35(47)43-32(37(50)51)19-26-9-7-6-8-25(26)18-31(36(48)49)42-34(46)21-39(2,3)4/h6-17,27,31-33H,18-22H2,1-5H3,(H,42,46)(H,43,47)(H,48,49)(H,50,51)(H2,40,41,52). The fourth-order valence-corrected chi connectivity index (χ4v) is 6.27. The van der Waals surface area contributed by atoms with Gasteiger partial charge in [-0.05, 0) is 64.9 Å². The van der Waals surface area contributed by atoms with Gasteiger partial charge in [0.1, 0.15) is 23.9 Å². The smallest absolute Gasteiger partial charge is 0.326 e. The van der Waals surface area contributed by atoms with Gasteiger partial charge < -0.3 is 41.1 Å². The van der Waals surface area contributed by atoms with Crippen LogP contribution in [0.3, 0.4) is 0 Å². The Labute approximate surface area is 308 Å². The number of carbonyl (C=O) groups excluding carboxylic acids is 4. The molecule has 3 aromatic carbocycles.